The van der Waals surface area contributed by atoms with Gasteiger partial charge in [0.25, 0.3) is 0 Å². The minimum absolute atomic E-state index is 0.0933. The molecule has 0 fully saturated rings. The highest BCUT2D eigenvalue weighted by Crippen LogP contribution is 2.21. The van der Waals surface area contributed by atoms with Crippen LogP contribution in [0.1, 0.15) is 0 Å². The Kier molecular flexibility index (Phi) is 4.30. The molecule has 0 saturated carbocycles. The van der Waals surface area contributed by atoms with Crippen molar-refractivity contribution in [3.63, 3.8) is 0 Å². The van der Waals surface area contributed by atoms with Gasteiger partial charge in [0.2, 0.25) is 0 Å². The van der Waals surface area contributed by atoms with Gasteiger partial charge in [-0.25, -0.2) is 9.97 Å². The van der Waals surface area contributed by atoms with E-state index in [2.05, 4.69) is 15.3 Å². The predicted octanol–water partition coefficient (Wildman–Crippen LogP) is 1.61. The van der Waals surface area contributed by atoms with E-state index in [1.54, 1.807) is 0 Å². The fourth-order valence-electron chi connectivity index (χ4n) is 1.74. The van der Waals surface area contributed by atoms with Crippen LogP contribution in [0.2, 0.25) is 0 Å². The van der Waals surface area contributed by atoms with E-state index in [4.69, 9.17) is 5.11 Å². The first-order valence-corrected chi connectivity index (χ1v) is 6.19. The zero-order valence-electron chi connectivity index (χ0n) is 11.2. The summed E-state index contributed by atoms with van der Waals surface area (Å²) in [6, 6.07) is 11.7. The molecule has 0 aliphatic rings. The number of anilines is 2. The molecule has 0 atom stereocenters. The highest BCUT2D eigenvalue weighted by molar-refractivity contribution is 5.61. The van der Waals surface area contributed by atoms with Gasteiger partial charge in [0.05, 0.1) is 6.61 Å². The monoisotopic (exact) mass is 258 g/mol. The van der Waals surface area contributed by atoms with Crippen molar-refractivity contribution in [2.45, 2.75) is 0 Å². The van der Waals surface area contributed by atoms with E-state index in [1.807, 2.05) is 55.4 Å². The number of aliphatic hydroxyl groups is 1. The van der Waals surface area contributed by atoms with E-state index in [0.717, 1.165) is 17.2 Å². The Balaban J connectivity index is 2.42. The van der Waals surface area contributed by atoms with Gasteiger partial charge >= 0.3 is 0 Å². The van der Waals surface area contributed by atoms with Crippen molar-refractivity contribution in [2.75, 3.05) is 37.5 Å². The van der Waals surface area contributed by atoms with Gasteiger partial charge in [-0.1, -0.05) is 30.3 Å². The molecule has 0 unspecified atom stereocenters. The molecule has 5 nitrogen and oxygen atoms in total. The van der Waals surface area contributed by atoms with Crippen LogP contribution < -0.4 is 10.2 Å². The molecule has 0 saturated heterocycles. The molecule has 19 heavy (non-hydrogen) atoms. The predicted molar refractivity (Wildman–Crippen MR) is 77.4 cm³/mol. The molecule has 0 aliphatic carbocycles. The Labute approximate surface area is 112 Å². The molecule has 1 heterocycles. The van der Waals surface area contributed by atoms with Gasteiger partial charge in [0, 0.05) is 32.3 Å². The lowest BCUT2D eigenvalue weighted by molar-refractivity contribution is 0.304. The van der Waals surface area contributed by atoms with Gasteiger partial charge < -0.3 is 15.3 Å². The Morgan fingerprint density at radius 3 is 2.58 bits per heavy atom. The highest BCUT2D eigenvalue weighted by atomic mass is 16.3. The summed E-state index contributed by atoms with van der Waals surface area (Å²) < 4.78 is 0. The second-order valence-electron chi connectivity index (χ2n) is 4.20. The number of aromatic nitrogens is 2. The quantitative estimate of drug-likeness (QED) is 0.853. The van der Waals surface area contributed by atoms with Crippen LogP contribution in [0, 0.1) is 0 Å². The summed E-state index contributed by atoms with van der Waals surface area (Å²) in [5.41, 5.74) is 0.971. The van der Waals surface area contributed by atoms with Crippen molar-refractivity contribution < 1.29 is 5.11 Å². The summed E-state index contributed by atoms with van der Waals surface area (Å²) >= 11 is 0. The molecule has 0 aliphatic heterocycles. The third-order valence-corrected chi connectivity index (χ3v) is 2.83. The first kappa shape index (κ1) is 13.3. The van der Waals surface area contributed by atoms with Gasteiger partial charge in [0.1, 0.15) is 11.6 Å². The van der Waals surface area contributed by atoms with E-state index in [1.165, 1.54) is 0 Å². The number of aliphatic hydroxyl groups excluding tert-OH is 1. The largest absolute Gasteiger partial charge is 0.395 e. The first-order valence-electron chi connectivity index (χ1n) is 6.19. The minimum atomic E-state index is 0.0933. The summed E-state index contributed by atoms with van der Waals surface area (Å²) in [6.45, 7) is 0.629. The molecule has 0 bridgehead atoms. The molecular formula is C14H18N4O. The Hall–Kier alpha value is -2.14. The summed E-state index contributed by atoms with van der Waals surface area (Å²) in [4.78, 5) is 10.9. The van der Waals surface area contributed by atoms with Crippen molar-refractivity contribution in [1.82, 2.24) is 9.97 Å². The zero-order chi connectivity index (χ0) is 13.7. The topological polar surface area (TPSA) is 61.3 Å². The minimum Gasteiger partial charge on any atom is -0.395 e. The van der Waals surface area contributed by atoms with Crippen LogP contribution in [0.4, 0.5) is 11.6 Å². The molecule has 0 amide bonds. The smallest absolute Gasteiger partial charge is 0.163 e. The fourth-order valence-corrected chi connectivity index (χ4v) is 1.74. The number of rotatable bonds is 5. The summed E-state index contributed by atoms with van der Waals surface area (Å²) in [7, 11) is 3.72. The van der Waals surface area contributed by atoms with Crippen LogP contribution >= 0.6 is 0 Å². The zero-order valence-corrected chi connectivity index (χ0v) is 11.2. The van der Waals surface area contributed by atoms with Crippen LogP contribution in [-0.4, -0.2) is 42.3 Å². The maximum absolute atomic E-state index is 9.01. The third-order valence-electron chi connectivity index (χ3n) is 2.83. The van der Waals surface area contributed by atoms with E-state index >= 15 is 0 Å². The molecule has 100 valence electrons. The summed E-state index contributed by atoms with van der Waals surface area (Å²) in [6.07, 6.45) is 0. The fraction of sp³-hybridized carbons (Fsp3) is 0.286. The van der Waals surface area contributed by atoms with Crippen molar-refractivity contribution in [3.05, 3.63) is 36.4 Å². The third kappa shape index (κ3) is 3.20. The van der Waals surface area contributed by atoms with Crippen molar-refractivity contribution >= 4 is 11.6 Å². The van der Waals surface area contributed by atoms with Gasteiger partial charge in [0.15, 0.2) is 5.82 Å². The molecular weight excluding hydrogens is 240 g/mol. The number of likely N-dealkylation sites (N-methyl/N-ethyl adjacent to an activating group) is 1. The SMILES string of the molecule is CNc1cc(N(C)CCO)nc(-c2ccccc2)n1. The van der Waals surface area contributed by atoms with Crippen LogP contribution in [0.3, 0.4) is 0 Å². The van der Waals surface area contributed by atoms with Crippen LogP contribution in [0.25, 0.3) is 11.4 Å². The van der Waals surface area contributed by atoms with Crippen LogP contribution in [-0.2, 0) is 0 Å². The van der Waals surface area contributed by atoms with Crippen molar-refractivity contribution in [3.8, 4) is 11.4 Å². The maximum Gasteiger partial charge on any atom is 0.163 e. The maximum atomic E-state index is 9.01. The van der Waals surface area contributed by atoms with Crippen LogP contribution in [0.5, 0.6) is 0 Å². The lowest BCUT2D eigenvalue weighted by atomic mass is 10.2. The number of benzene rings is 1. The Morgan fingerprint density at radius 1 is 1.21 bits per heavy atom. The van der Waals surface area contributed by atoms with E-state index in [9.17, 15) is 0 Å². The number of hydrogen-bond donors (Lipinski definition) is 2. The molecule has 1 aromatic carbocycles. The number of nitrogens with zero attached hydrogens (tertiary/aromatic N) is 3. The lowest BCUT2D eigenvalue weighted by Crippen LogP contribution is -2.22. The molecule has 1 aromatic heterocycles. The molecule has 5 heteroatoms. The second kappa shape index (κ2) is 6.15. The number of hydrogen-bond acceptors (Lipinski definition) is 5. The van der Waals surface area contributed by atoms with E-state index in [-0.39, 0.29) is 6.61 Å². The summed E-state index contributed by atoms with van der Waals surface area (Å²) in [5, 5.41) is 12.0. The van der Waals surface area contributed by atoms with Gasteiger partial charge in [-0.2, -0.15) is 0 Å². The normalized spacial score (nSPS) is 10.3. The van der Waals surface area contributed by atoms with E-state index in [0.29, 0.717) is 12.4 Å². The molecule has 2 aromatic rings. The average molecular weight is 258 g/mol. The number of nitrogens with one attached hydrogen (secondary N) is 1. The molecule has 0 radical (unpaired) electrons. The summed E-state index contributed by atoms with van der Waals surface area (Å²) in [5.74, 6) is 2.22. The van der Waals surface area contributed by atoms with Gasteiger partial charge in [-0.3, -0.25) is 0 Å². The first-order chi connectivity index (χ1) is 9.24. The Morgan fingerprint density at radius 2 is 1.95 bits per heavy atom. The second-order valence-corrected chi connectivity index (χ2v) is 4.20. The lowest BCUT2D eigenvalue weighted by Gasteiger charge is -2.18. The molecule has 0 spiro atoms. The van der Waals surface area contributed by atoms with Crippen molar-refractivity contribution in [1.29, 1.82) is 0 Å². The molecule has 2 N–H and O–H groups in total. The van der Waals surface area contributed by atoms with Crippen molar-refractivity contribution in [2.24, 2.45) is 0 Å². The standard InChI is InChI=1S/C14H18N4O/c1-15-12-10-13(18(2)8-9-19)17-14(16-12)11-6-4-3-5-7-11/h3-7,10,19H,8-9H2,1-2H3,(H,15,16,17). The van der Waals surface area contributed by atoms with E-state index < -0.39 is 0 Å². The van der Waals surface area contributed by atoms with Gasteiger partial charge in [-0.05, 0) is 0 Å². The van der Waals surface area contributed by atoms with Crippen LogP contribution in [0.15, 0.2) is 36.4 Å². The Bertz CT molecular complexity index is 530. The van der Waals surface area contributed by atoms with Gasteiger partial charge in [-0.15, -0.1) is 0 Å². The molecule has 2 rings (SSSR count). The highest BCUT2D eigenvalue weighted by Gasteiger charge is 2.09. The average Bonchev–Trinajstić information content (AvgIpc) is 2.48.